The number of furan rings is 1. The number of anilines is 2. The van der Waals surface area contributed by atoms with Gasteiger partial charge in [0.1, 0.15) is 5.76 Å². The zero-order chi connectivity index (χ0) is 13.7. The predicted molar refractivity (Wildman–Crippen MR) is 73.5 cm³/mol. The number of amides is 1. The smallest absolute Gasteiger partial charge is 0.411 e. The average Bonchev–Trinajstić information content (AvgIpc) is 2.83. The maximum Gasteiger partial charge on any atom is 0.411 e. The normalized spacial score (nSPS) is 10.0. The van der Waals surface area contributed by atoms with E-state index in [0.29, 0.717) is 17.5 Å². The Labute approximate surface area is 115 Å². The van der Waals surface area contributed by atoms with E-state index in [1.54, 1.807) is 18.2 Å². The standard InChI is InChI=1S/C13H13ClN2O3/c1-18-13(17)16-10-4-2-9(3-5-10)15-8-11-6-7-12(14)19-11/h2-7,15H,8H2,1H3,(H,16,17). The Morgan fingerprint density at radius 3 is 2.47 bits per heavy atom. The summed E-state index contributed by atoms with van der Waals surface area (Å²) in [6, 6.07) is 10.7. The minimum absolute atomic E-state index is 0.370. The van der Waals surface area contributed by atoms with Crippen LogP contribution in [0.25, 0.3) is 0 Å². The molecule has 0 radical (unpaired) electrons. The molecule has 19 heavy (non-hydrogen) atoms. The van der Waals surface area contributed by atoms with Crippen LogP contribution >= 0.6 is 11.6 Å². The number of rotatable bonds is 4. The fourth-order valence-electron chi connectivity index (χ4n) is 1.48. The third-order valence-electron chi connectivity index (χ3n) is 2.41. The first-order valence-corrected chi connectivity index (χ1v) is 5.98. The molecule has 0 saturated carbocycles. The van der Waals surface area contributed by atoms with E-state index in [1.807, 2.05) is 18.2 Å². The first-order valence-electron chi connectivity index (χ1n) is 5.60. The summed E-state index contributed by atoms with van der Waals surface area (Å²) < 4.78 is 9.73. The van der Waals surface area contributed by atoms with Gasteiger partial charge in [0.05, 0.1) is 13.7 Å². The zero-order valence-corrected chi connectivity index (χ0v) is 11.0. The van der Waals surface area contributed by atoms with Gasteiger partial charge >= 0.3 is 6.09 Å². The highest BCUT2D eigenvalue weighted by Crippen LogP contribution is 2.17. The van der Waals surface area contributed by atoms with Gasteiger partial charge in [-0.1, -0.05) is 0 Å². The second kappa shape index (κ2) is 6.15. The van der Waals surface area contributed by atoms with E-state index in [0.717, 1.165) is 11.4 Å². The summed E-state index contributed by atoms with van der Waals surface area (Å²) in [5.74, 6) is 0.752. The van der Waals surface area contributed by atoms with Crippen LogP contribution in [0.15, 0.2) is 40.8 Å². The van der Waals surface area contributed by atoms with E-state index in [-0.39, 0.29) is 0 Å². The molecule has 2 N–H and O–H groups in total. The zero-order valence-electron chi connectivity index (χ0n) is 10.3. The number of carbonyl (C=O) groups is 1. The van der Waals surface area contributed by atoms with E-state index in [1.165, 1.54) is 7.11 Å². The summed E-state index contributed by atoms with van der Waals surface area (Å²) in [5, 5.41) is 6.11. The van der Waals surface area contributed by atoms with Crippen LogP contribution in [-0.4, -0.2) is 13.2 Å². The van der Waals surface area contributed by atoms with E-state index < -0.39 is 6.09 Å². The molecule has 2 rings (SSSR count). The van der Waals surface area contributed by atoms with Crippen molar-refractivity contribution in [2.75, 3.05) is 17.7 Å². The van der Waals surface area contributed by atoms with Crippen molar-refractivity contribution < 1.29 is 13.9 Å². The quantitative estimate of drug-likeness (QED) is 0.896. The summed E-state index contributed by atoms with van der Waals surface area (Å²) in [6.07, 6.45) is -0.495. The maximum atomic E-state index is 11.0. The van der Waals surface area contributed by atoms with Gasteiger partial charge in [-0.05, 0) is 48.0 Å². The number of halogens is 1. The highest BCUT2D eigenvalue weighted by molar-refractivity contribution is 6.28. The molecule has 6 heteroatoms. The van der Waals surface area contributed by atoms with E-state index in [9.17, 15) is 4.79 Å². The number of benzene rings is 1. The van der Waals surface area contributed by atoms with Gasteiger partial charge in [-0.15, -0.1) is 0 Å². The molecular formula is C13H13ClN2O3. The van der Waals surface area contributed by atoms with Gasteiger partial charge in [-0.2, -0.15) is 0 Å². The fraction of sp³-hybridized carbons (Fsp3) is 0.154. The first kappa shape index (κ1) is 13.3. The molecule has 0 spiro atoms. The lowest BCUT2D eigenvalue weighted by Gasteiger charge is -2.07. The van der Waals surface area contributed by atoms with Crippen molar-refractivity contribution in [3.8, 4) is 0 Å². The molecule has 1 aromatic carbocycles. The average molecular weight is 281 g/mol. The van der Waals surface area contributed by atoms with Gasteiger partial charge in [0.25, 0.3) is 0 Å². The molecule has 0 unspecified atom stereocenters. The van der Waals surface area contributed by atoms with Crippen LogP contribution in [0, 0.1) is 0 Å². The van der Waals surface area contributed by atoms with Crippen molar-refractivity contribution in [2.24, 2.45) is 0 Å². The molecular weight excluding hydrogens is 268 g/mol. The second-order valence-corrected chi connectivity index (χ2v) is 4.13. The van der Waals surface area contributed by atoms with Crippen molar-refractivity contribution >= 4 is 29.1 Å². The third-order valence-corrected chi connectivity index (χ3v) is 2.62. The van der Waals surface area contributed by atoms with Crippen LogP contribution in [0.3, 0.4) is 0 Å². The van der Waals surface area contributed by atoms with Gasteiger partial charge in [-0.25, -0.2) is 4.79 Å². The number of methoxy groups -OCH3 is 1. The monoisotopic (exact) mass is 280 g/mol. The number of carbonyl (C=O) groups excluding carboxylic acids is 1. The predicted octanol–water partition coefficient (Wildman–Crippen LogP) is 3.72. The number of nitrogens with one attached hydrogen (secondary N) is 2. The Hall–Kier alpha value is -2.14. The Balaban J connectivity index is 1.89. The summed E-state index contributed by atoms with van der Waals surface area (Å²) in [4.78, 5) is 11.0. The Morgan fingerprint density at radius 1 is 1.21 bits per heavy atom. The first-order chi connectivity index (χ1) is 9.17. The highest BCUT2D eigenvalue weighted by atomic mass is 35.5. The minimum Gasteiger partial charge on any atom is -0.453 e. The maximum absolute atomic E-state index is 11.0. The van der Waals surface area contributed by atoms with Crippen LogP contribution in [0.2, 0.25) is 5.22 Å². The summed E-state index contributed by atoms with van der Waals surface area (Å²) in [6.45, 7) is 0.538. The van der Waals surface area contributed by atoms with Crippen molar-refractivity contribution in [1.82, 2.24) is 0 Å². The van der Waals surface area contributed by atoms with Crippen molar-refractivity contribution in [3.05, 3.63) is 47.4 Å². The van der Waals surface area contributed by atoms with Gasteiger partial charge < -0.3 is 14.5 Å². The van der Waals surface area contributed by atoms with Gasteiger partial charge in [-0.3, -0.25) is 5.32 Å². The second-order valence-electron chi connectivity index (χ2n) is 3.75. The molecule has 1 aromatic heterocycles. The number of hydrogen-bond acceptors (Lipinski definition) is 4. The summed E-state index contributed by atoms with van der Waals surface area (Å²) in [5.41, 5.74) is 1.57. The van der Waals surface area contributed by atoms with Crippen molar-refractivity contribution in [3.63, 3.8) is 0 Å². The molecule has 100 valence electrons. The van der Waals surface area contributed by atoms with Crippen molar-refractivity contribution in [2.45, 2.75) is 6.54 Å². The van der Waals surface area contributed by atoms with Crippen LogP contribution in [0.1, 0.15) is 5.76 Å². The van der Waals surface area contributed by atoms with Gasteiger partial charge in [0.15, 0.2) is 5.22 Å². The molecule has 1 heterocycles. The molecule has 0 atom stereocenters. The summed E-state index contributed by atoms with van der Waals surface area (Å²) >= 11 is 5.68. The Kier molecular flexibility index (Phi) is 4.30. The molecule has 0 fully saturated rings. The largest absolute Gasteiger partial charge is 0.453 e. The lowest BCUT2D eigenvalue weighted by molar-refractivity contribution is 0.187. The number of hydrogen-bond donors (Lipinski definition) is 2. The third kappa shape index (κ3) is 3.93. The molecule has 0 aliphatic heterocycles. The molecule has 0 aliphatic carbocycles. The van der Waals surface area contributed by atoms with Crippen LogP contribution in [-0.2, 0) is 11.3 Å². The van der Waals surface area contributed by atoms with Gasteiger partial charge in [0.2, 0.25) is 0 Å². The van der Waals surface area contributed by atoms with Crippen LogP contribution in [0.5, 0.6) is 0 Å². The Morgan fingerprint density at radius 2 is 1.89 bits per heavy atom. The molecule has 0 saturated heterocycles. The van der Waals surface area contributed by atoms with Gasteiger partial charge in [0, 0.05) is 11.4 Å². The highest BCUT2D eigenvalue weighted by Gasteiger charge is 2.02. The SMILES string of the molecule is COC(=O)Nc1ccc(NCc2ccc(Cl)o2)cc1. The van der Waals surface area contributed by atoms with Crippen molar-refractivity contribution in [1.29, 1.82) is 0 Å². The van der Waals surface area contributed by atoms with Crippen LogP contribution < -0.4 is 10.6 Å². The Bertz CT molecular complexity index is 551. The van der Waals surface area contributed by atoms with E-state index in [4.69, 9.17) is 16.0 Å². The molecule has 2 aromatic rings. The molecule has 0 bridgehead atoms. The lowest BCUT2D eigenvalue weighted by atomic mass is 10.3. The topological polar surface area (TPSA) is 63.5 Å². The molecule has 0 aliphatic rings. The van der Waals surface area contributed by atoms with Crippen LogP contribution in [0.4, 0.5) is 16.2 Å². The fourth-order valence-corrected chi connectivity index (χ4v) is 1.64. The summed E-state index contributed by atoms with van der Waals surface area (Å²) in [7, 11) is 1.32. The van der Waals surface area contributed by atoms with E-state index in [2.05, 4.69) is 15.4 Å². The molecule has 5 nitrogen and oxygen atoms in total. The lowest BCUT2D eigenvalue weighted by Crippen LogP contribution is -2.10. The van der Waals surface area contributed by atoms with E-state index >= 15 is 0 Å². The number of ether oxygens (including phenoxy) is 1. The molecule has 1 amide bonds. The minimum atomic E-state index is -0.495.